The van der Waals surface area contributed by atoms with Crippen LogP contribution in [0.4, 0.5) is 0 Å². The van der Waals surface area contributed by atoms with Crippen molar-refractivity contribution in [3.63, 3.8) is 0 Å². The molecule has 0 atom stereocenters. The largest absolute Gasteiger partial charge is 0.366 e. The lowest BCUT2D eigenvalue weighted by atomic mass is 10.0. The molecule has 21 heavy (non-hydrogen) atoms. The quantitative estimate of drug-likeness (QED) is 0.895. The Balaban J connectivity index is 1.81. The number of hydrogen-bond donors (Lipinski definition) is 2. The molecule has 0 spiro atoms. The first-order valence-electron chi connectivity index (χ1n) is 6.79. The summed E-state index contributed by atoms with van der Waals surface area (Å²) in [6.07, 6.45) is 5.22. The van der Waals surface area contributed by atoms with Gasteiger partial charge in [-0.3, -0.25) is 14.6 Å². The number of primary amides is 1. The van der Waals surface area contributed by atoms with Crippen LogP contribution in [-0.4, -0.2) is 22.8 Å². The number of aromatic nitrogens is 1. The molecule has 0 aliphatic heterocycles. The topological polar surface area (TPSA) is 85.1 Å². The second-order valence-corrected chi connectivity index (χ2v) is 5.15. The van der Waals surface area contributed by atoms with Gasteiger partial charge in [0.25, 0.3) is 5.91 Å². The van der Waals surface area contributed by atoms with Crippen LogP contribution in [0.2, 0.25) is 0 Å². The molecule has 0 bridgehead atoms. The first-order chi connectivity index (χ1) is 10.1. The van der Waals surface area contributed by atoms with Crippen LogP contribution >= 0.6 is 0 Å². The summed E-state index contributed by atoms with van der Waals surface area (Å²) in [5, 5.41) is 2.94. The maximum Gasteiger partial charge on any atom is 0.251 e. The number of nitrogens with two attached hydrogens (primary N) is 1. The molecular formula is C16H15N3O2. The molecule has 0 saturated heterocycles. The minimum absolute atomic E-state index is 0.0481. The highest BCUT2D eigenvalue weighted by atomic mass is 16.2. The SMILES string of the molecule is NC(=O)c1cncc(-c2ccc(C(=O)NC3CC3)cc2)c1. The molecule has 1 aliphatic carbocycles. The van der Waals surface area contributed by atoms with Crippen LogP contribution in [-0.2, 0) is 0 Å². The Bertz CT molecular complexity index is 691. The fourth-order valence-electron chi connectivity index (χ4n) is 2.04. The molecule has 1 fully saturated rings. The van der Waals surface area contributed by atoms with Gasteiger partial charge in [0.2, 0.25) is 5.91 Å². The summed E-state index contributed by atoms with van der Waals surface area (Å²) in [6, 6.07) is 9.24. The van der Waals surface area contributed by atoms with Crippen molar-refractivity contribution in [1.82, 2.24) is 10.3 Å². The summed E-state index contributed by atoms with van der Waals surface area (Å²) in [5.41, 5.74) is 7.91. The minimum atomic E-state index is -0.509. The second kappa shape index (κ2) is 5.36. The van der Waals surface area contributed by atoms with Gasteiger partial charge in [0, 0.05) is 29.6 Å². The van der Waals surface area contributed by atoms with E-state index in [1.54, 1.807) is 24.4 Å². The predicted molar refractivity (Wildman–Crippen MR) is 78.7 cm³/mol. The summed E-state index contributed by atoms with van der Waals surface area (Å²) in [6.45, 7) is 0. The Morgan fingerprint density at radius 1 is 1.05 bits per heavy atom. The molecule has 3 N–H and O–H groups in total. The Hall–Kier alpha value is -2.69. The number of nitrogens with zero attached hydrogens (tertiary/aromatic N) is 1. The van der Waals surface area contributed by atoms with E-state index in [0.717, 1.165) is 24.0 Å². The van der Waals surface area contributed by atoms with Crippen molar-refractivity contribution in [2.75, 3.05) is 0 Å². The maximum atomic E-state index is 11.9. The van der Waals surface area contributed by atoms with Crippen molar-refractivity contribution in [2.45, 2.75) is 18.9 Å². The molecule has 1 saturated carbocycles. The standard InChI is InChI=1S/C16H15N3O2/c17-15(20)13-7-12(8-18-9-13)10-1-3-11(4-2-10)16(21)19-14-5-6-14/h1-4,7-9,14H,5-6H2,(H2,17,20)(H,19,21). The van der Waals surface area contributed by atoms with E-state index < -0.39 is 5.91 Å². The number of nitrogens with one attached hydrogen (secondary N) is 1. The van der Waals surface area contributed by atoms with Crippen LogP contribution in [0.5, 0.6) is 0 Å². The Morgan fingerprint density at radius 3 is 2.38 bits per heavy atom. The van der Waals surface area contributed by atoms with E-state index in [0.29, 0.717) is 17.2 Å². The van der Waals surface area contributed by atoms with Gasteiger partial charge in [0.1, 0.15) is 0 Å². The van der Waals surface area contributed by atoms with E-state index in [1.165, 1.54) is 6.20 Å². The van der Waals surface area contributed by atoms with E-state index in [1.807, 2.05) is 12.1 Å². The summed E-state index contributed by atoms with van der Waals surface area (Å²) < 4.78 is 0. The zero-order valence-corrected chi connectivity index (χ0v) is 11.4. The van der Waals surface area contributed by atoms with Gasteiger partial charge >= 0.3 is 0 Å². The Kier molecular flexibility index (Phi) is 3.39. The zero-order chi connectivity index (χ0) is 14.8. The number of pyridine rings is 1. The van der Waals surface area contributed by atoms with Gasteiger partial charge in [-0.2, -0.15) is 0 Å². The van der Waals surface area contributed by atoms with Crippen LogP contribution in [0.25, 0.3) is 11.1 Å². The first-order valence-corrected chi connectivity index (χ1v) is 6.79. The summed E-state index contributed by atoms with van der Waals surface area (Å²) >= 11 is 0. The van der Waals surface area contributed by atoms with Crippen molar-refractivity contribution >= 4 is 11.8 Å². The number of benzene rings is 1. The van der Waals surface area contributed by atoms with Crippen molar-refractivity contribution < 1.29 is 9.59 Å². The molecule has 1 heterocycles. The summed E-state index contributed by atoms with van der Waals surface area (Å²) in [7, 11) is 0. The number of carbonyl (C=O) groups is 2. The van der Waals surface area contributed by atoms with E-state index in [4.69, 9.17) is 5.73 Å². The van der Waals surface area contributed by atoms with Gasteiger partial charge < -0.3 is 11.1 Å². The van der Waals surface area contributed by atoms with Gasteiger partial charge in [-0.1, -0.05) is 12.1 Å². The van der Waals surface area contributed by atoms with E-state index >= 15 is 0 Å². The van der Waals surface area contributed by atoms with Gasteiger partial charge in [0.05, 0.1) is 5.56 Å². The monoisotopic (exact) mass is 281 g/mol. The molecule has 106 valence electrons. The van der Waals surface area contributed by atoms with Crippen LogP contribution < -0.4 is 11.1 Å². The summed E-state index contributed by atoms with van der Waals surface area (Å²) in [5.74, 6) is -0.558. The molecule has 2 aromatic rings. The summed E-state index contributed by atoms with van der Waals surface area (Å²) in [4.78, 5) is 27.1. The van der Waals surface area contributed by atoms with E-state index in [-0.39, 0.29) is 5.91 Å². The van der Waals surface area contributed by atoms with E-state index in [2.05, 4.69) is 10.3 Å². The van der Waals surface area contributed by atoms with Crippen molar-refractivity contribution in [3.8, 4) is 11.1 Å². The van der Waals surface area contributed by atoms with Crippen LogP contribution in [0.1, 0.15) is 33.6 Å². The molecule has 3 rings (SSSR count). The maximum absolute atomic E-state index is 11.9. The van der Waals surface area contributed by atoms with Crippen molar-refractivity contribution in [1.29, 1.82) is 0 Å². The minimum Gasteiger partial charge on any atom is -0.366 e. The van der Waals surface area contributed by atoms with Crippen molar-refractivity contribution in [2.24, 2.45) is 5.73 Å². The second-order valence-electron chi connectivity index (χ2n) is 5.15. The van der Waals surface area contributed by atoms with Gasteiger partial charge in [-0.05, 0) is 36.6 Å². The average Bonchev–Trinajstić information content (AvgIpc) is 3.31. The van der Waals surface area contributed by atoms with Gasteiger partial charge in [-0.15, -0.1) is 0 Å². The van der Waals surface area contributed by atoms with Crippen LogP contribution in [0.3, 0.4) is 0 Å². The molecule has 5 nitrogen and oxygen atoms in total. The third-order valence-electron chi connectivity index (χ3n) is 3.42. The van der Waals surface area contributed by atoms with Crippen molar-refractivity contribution in [3.05, 3.63) is 53.9 Å². The molecule has 2 amide bonds. The van der Waals surface area contributed by atoms with Crippen LogP contribution in [0, 0.1) is 0 Å². The third kappa shape index (κ3) is 3.08. The van der Waals surface area contributed by atoms with Gasteiger partial charge in [-0.25, -0.2) is 0 Å². The Morgan fingerprint density at radius 2 is 1.76 bits per heavy atom. The lowest BCUT2D eigenvalue weighted by molar-refractivity contribution is 0.0949. The average molecular weight is 281 g/mol. The molecule has 1 aliphatic rings. The molecule has 1 aromatic carbocycles. The predicted octanol–water partition coefficient (Wildman–Crippen LogP) is 1.74. The van der Waals surface area contributed by atoms with Crippen LogP contribution in [0.15, 0.2) is 42.7 Å². The number of amides is 2. The number of rotatable bonds is 4. The first kappa shape index (κ1) is 13.3. The lowest BCUT2D eigenvalue weighted by Crippen LogP contribution is -2.25. The highest BCUT2D eigenvalue weighted by Crippen LogP contribution is 2.22. The highest BCUT2D eigenvalue weighted by Gasteiger charge is 2.23. The molecule has 0 unspecified atom stereocenters. The third-order valence-corrected chi connectivity index (χ3v) is 3.42. The zero-order valence-electron chi connectivity index (χ0n) is 11.4. The van der Waals surface area contributed by atoms with Gasteiger partial charge in [0.15, 0.2) is 0 Å². The number of hydrogen-bond acceptors (Lipinski definition) is 3. The number of carbonyl (C=O) groups excluding carboxylic acids is 2. The normalized spacial score (nSPS) is 13.7. The molecule has 0 radical (unpaired) electrons. The fourth-order valence-corrected chi connectivity index (χ4v) is 2.04. The highest BCUT2D eigenvalue weighted by molar-refractivity contribution is 5.95. The fraction of sp³-hybridized carbons (Fsp3) is 0.188. The van der Waals surface area contributed by atoms with E-state index in [9.17, 15) is 9.59 Å². The molecule has 5 heteroatoms. The smallest absolute Gasteiger partial charge is 0.251 e. The lowest BCUT2D eigenvalue weighted by Gasteiger charge is -2.06. The molecular weight excluding hydrogens is 266 g/mol. The Labute approximate surface area is 122 Å². The molecule has 1 aromatic heterocycles.